The van der Waals surface area contributed by atoms with Gasteiger partial charge in [0.2, 0.25) is 5.91 Å². The summed E-state index contributed by atoms with van der Waals surface area (Å²) >= 11 is 0. The van der Waals surface area contributed by atoms with E-state index >= 15 is 0 Å². The molecule has 1 fully saturated rings. The first-order valence-corrected chi connectivity index (χ1v) is 14.6. The molecule has 46 heavy (non-hydrogen) atoms. The van der Waals surface area contributed by atoms with Crippen molar-refractivity contribution in [2.45, 2.75) is 44.9 Å². The van der Waals surface area contributed by atoms with E-state index in [0.29, 0.717) is 11.3 Å². The van der Waals surface area contributed by atoms with Crippen LogP contribution in [-0.2, 0) is 11.0 Å². The molecular weight excluding hydrogens is 601 g/mol. The van der Waals surface area contributed by atoms with Crippen LogP contribution >= 0.6 is 0 Å². The maximum absolute atomic E-state index is 14.0. The number of likely N-dealkylation sites (N-methyl/N-ethyl adjacent to an activating group) is 1. The van der Waals surface area contributed by atoms with E-state index in [1.54, 1.807) is 42.3 Å². The molecule has 3 heterocycles. The third kappa shape index (κ3) is 6.18. The standard InChI is InChI=1S/C32H33F3N8O3/c1-20(29(44)40(4)24-13-16-39(3)17-14-24)38-30(45)42-28(27-12-15-37-43(27)25-10-8-22(19-36)9-11-25)21(2)41(31(42)46)26-7-5-6-23(18-26)32(33,34)35/h5-12,15,18,20,24H,13-14,16-17H2,1-4H3,(H,38,45)/t20-/m0/s1. The highest BCUT2D eigenvalue weighted by Crippen LogP contribution is 2.32. The van der Waals surface area contributed by atoms with Gasteiger partial charge in [-0.15, -0.1) is 0 Å². The van der Waals surface area contributed by atoms with Crippen molar-refractivity contribution in [3.05, 3.63) is 88.1 Å². The molecular formula is C32H33F3N8O3. The van der Waals surface area contributed by atoms with Gasteiger partial charge in [-0.2, -0.15) is 23.5 Å². The molecule has 2 aromatic carbocycles. The van der Waals surface area contributed by atoms with E-state index in [2.05, 4.69) is 15.3 Å². The van der Waals surface area contributed by atoms with Crippen molar-refractivity contribution in [2.24, 2.45) is 0 Å². The quantitative estimate of drug-likeness (QED) is 0.340. The van der Waals surface area contributed by atoms with Crippen LogP contribution in [0.1, 0.15) is 36.6 Å². The number of nitriles is 1. The molecule has 5 rings (SSSR count). The van der Waals surface area contributed by atoms with Gasteiger partial charge in [0.05, 0.1) is 46.2 Å². The molecule has 0 spiro atoms. The van der Waals surface area contributed by atoms with Crippen LogP contribution in [0.4, 0.5) is 18.0 Å². The van der Waals surface area contributed by atoms with Crippen LogP contribution in [0.3, 0.4) is 0 Å². The first kappa shape index (κ1) is 32.2. The number of likely N-dealkylation sites (tertiary alicyclic amines) is 1. The molecule has 1 aliphatic rings. The van der Waals surface area contributed by atoms with E-state index in [1.165, 1.54) is 36.9 Å². The molecule has 0 bridgehead atoms. The van der Waals surface area contributed by atoms with Crippen LogP contribution in [0, 0.1) is 18.3 Å². The Morgan fingerprint density at radius 2 is 1.76 bits per heavy atom. The fourth-order valence-electron chi connectivity index (χ4n) is 5.77. The number of aromatic nitrogens is 4. The van der Waals surface area contributed by atoms with Gasteiger partial charge < -0.3 is 15.1 Å². The van der Waals surface area contributed by atoms with Gasteiger partial charge in [-0.1, -0.05) is 6.07 Å². The second kappa shape index (κ2) is 12.7. The monoisotopic (exact) mass is 634 g/mol. The molecule has 0 unspecified atom stereocenters. The van der Waals surface area contributed by atoms with Crippen molar-refractivity contribution in [2.75, 3.05) is 27.2 Å². The van der Waals surface area contributed by atoms with Crippen molar-refractivity contribution >= 4 is 11.9 Å². The molecule has 14 heteroatoms. The Balaban J connectivity index is 1.59. The summed E-state index contributed by atoms with van der Waals surface area (Å²) in [7, 11) is 3.69. The fraction of sp³-hybridized carbons (Fsp3) is 0.344. The zero-order valence-corrected chi connectivity index (χ0v) is 25.7. The van der Waals surface area contributed by atoms with E-state index in [4.69, 9.17) is 0 Å². The molecule has 1 aliphatic heterocycles. The number of nitrogens with one attached hydrogen (secondary N) is 1. The van der Waals surface area contributed by atoms with Gasteiger partial charge in [-0.05, 0) is 95.4 Å². The highest BCUT2D eigenvalue weighted by molar-refractivity contribution is 5.89. The SMILES string of the molecule is Cc1c(-c2ccnn2-c2ccc(C#N)cc2)n(C(=O)N[C@@H](C)C(=O)N(C)C2CCN(C)CC2)c(=O)n1-c1cccc(C(F)(F)F)c1. The summed E-state index contributed by atoms with van der Waals surface area (Å²) in [4.78, 5) is 45.1. The summed E-state index contributed by atoms with van der Waals surface area (Å²) in [6, 6.07) is 12.3. The number of hydrogen-bond donors (Lipinski definition) is 1. The molecule has 1 N–H and O–H groups in total. The second-order valence-corrected chi connectivity index (χ2v) is 11.4. The van der Waals surface area contributed by atoms with Crippen molar-refractivity contribution in [3.8, 4) is 28.8 Å². The van der Waals surface area contributed by atoms with Crippen molar-refractivity contribution in [1.29, 1.82) is 5.26 Å². The van der Waals surface area contributed by atoms with Crippen LogP contribution in [0.25, 0.3) is 22.8 Å². The fourth-order valence-corrected chi connectivity index (χ4v) is 5.77. The lowest BCUT2D eigenvalue weighted by atomic mass is 10.0. The number of imidazole rings is 1. The normalized spacial score (nSPS) is 14.9. The molecule has 240 valence electrons. The third-order valence-electron chi connectivity index (χ3n) is 8.34. The Morgan fingerprint density at radius 3 is 2.39 bits per heavy atom. The molecule has 0 radical (unpaired) electrons. The zero-order valence-electron chi connectivity index (χ0n) is 25.7. The number of piperidine rings is 1. The van der Waals surface area contributed by atoms with Gasteiger partial charge in [-0.3, -0.25) is 9.36 Å². The van der Waals surface area contributed by atoms with Gasteiger partial charge in [0.15, 0.2) is 0 Å². The number of carbonyl (C=O) groups excluding carboxylic acids is 2. The zero-order chi connectivity index (χ0) is 33.3. The highest BCUT2D eigenvalue weighted by Gasteiger charge is 2.33. The predicted molar refractivity (Wildman–Crippen MR) is 164 cm³/mol. The van der Waals surface area contributed by atoms with Crippen LogP contribution in [0.15, 0.2) is 65.6 Å². The van der Waals surface area contributed by atoms with Crippen molar-refractivity contribution < 1.29 is 22.8 Å². The lowest BCUT2D eigenvalue weighted by Crippen LogP contribution is -2.52. The smallest absolute Gasteiger partial charge is 0.341 e. The minimum Gasteiger partial charge on any atom is -0.341 e. The van der Waals surface area contributed by atoms with Gasteiger partial charge in [0.1, 0.15) is 11.7 Å². The highest BCUT2D eigenvalue weighted by atomic mass is 19.4. The molecule has 0 saturated carbocycles. The van der Waals surface area contributed by atoms with E-state index in [-0.39, 0.29) is 34.7 Å². The Morgan fingerprint density at radius 1 is 1.09 bits per heavy atom. The summed E-state index contributed by atoms with van der Waals surface area (Å²) in [5.74, 6) is -0.339. The van der Waals surface area contributed by atoms with Gasteiger partial charge in [0.25, 0.3) is 0 Å². The van der Waals surface area contributed by atoms with Gasteiger partial charge in [-0.25, -0.2) is 18.8 Å². The Kier molecular flexibility index (Phi) is 8.89. The first-order chi connectivity index (χ1) is 21.8. The summed E-state index contributed by atoms with van der Waals surface area (Å²) in [5.41, 5.74) is -0.572. The van der Waals surface area contributed by atoms with E-state index in [9.17, 15) is 32.8 Å². The molecule has 1 atom stereocenters. The molecule has 1 saturated heterocycles. The van der Waals surface area contributed by atoms with E-state index in [1.807, 2.05) is 13.1 Å². The minimum absolute atomic E-state index is 0.00709. The lowest BCUT2D eigenvalue weighted by Gasteiger charge is -2.36. The minimum atomic E-state index is -4.67. The Bertz CT molecular complexity index is 1860. The number of rotatable bonds is 6. The summed E-state index contributed by atoms with van der Waals surface area (Å²) < 4.78 is 44.2. The Labute approximate surface area is 263 Å². The summed E-state index contributed by atoms with van der Waals surface area (Å²) in [6.45, 7) is 4.70. The van der Waals surface area contributed by atoms with Crippen LogP contribution < -0.4 is 11.0 Å². The van der Waals surface area contributed by atoms with Crippen LogP contribution in [0.2, 0.25) is 0 Å². The average Bonchev–Trinajstić information content (AvgIpc) is 3.61. The molecule has 11 nitrogen and oxygen atoms in total. The van der Waals surface area contributed by atoms with Crippen molar-refractivity contribution in [1.82, 2.24) is 34.0 Å². The number of nitrogens with zero attached hydrogens (tertiary/aromatic N) is 7. The van der Waals surface area contributed by atoms with Crippen LogP contribution in [0.5, 0.6) is 0 Å². The maximum Gasteiger partial charge on any atom is 0.416 e. The van der Waals surface area contributed by atoms with Gasteiger partial charge in [0, 0.05) is 13.1 Å². The summed E-state index contributed by atoms with van der Waals surface area (Å²) in [6.07, 6.45) is -1.66. The lowest BCUT2D eigenvalue weighted by molar-refractivity contribution is -0.137. The number of hydrogen-bond acceptors (Lipinski definition) is 6. The van der Waals surface area contributed by atoms with E-state index < -0.39 is 29.5 Å². The van der Waals surface area contributed by atoms with Gasteiger partial charge >= 0.3 is 17.9 Å². The second-order valence-electron chi connectivity index (χ2n) is 11.4. The number of alkyl halides is 3. The Hall–Kier alpha value is -5.16. The number of amides is 2. The molecule has 4 aromatic rings. The largest absolute Gasteiger partial charge is 0.416 e. The predicted octanol–water partition coefficient (Wildman–Crippen LogP) is 4.19. The van der Waals surface area contributed by atoms with Crippen LogP contribution in [-0.4, -0.2) is 79.9 Å². The maximum atomic E-state index is 14.0. The third-order valence-corrected chi connectivity index (χ3v) is 8.34. The summed E-state index contributed by atoms with van der Waals surface area (Å²) in [5, 5.41) is 16.2. The molecule has 0 aliphatic carbocycles. The molecule has 2 aromatic heterocycles. The first-order valence-electron chi connectivity index (χ1n) is 14.6. The van der Waals surface area contributed by atoms with Crippen molar-refractivity contribution in [3.63, 3.8) is 0 Å². The molecule has 2 amide bonds. The van der Waals surface area contributed by atoms with E-state index in [0.717, 1.165) is 47.2 Å². The average molecular weight is 635 g/mol. The number of halogens is 3. The number of benzene rings is 2. The number of carbonyl (C=O) groups is 2. The topological polar surface area (TPSA) is 121 Å².